The molecule has 0 saturated heterocycles. The van der Waals surface area contributed by atoms with Crippen LogP contribution < -0.4 is 4.74 Å². The van der Waals surface area contributed by atoms with Crippen molar-refractivity contribution >= 4 is 12.0 Å². The van der Waals surface area contributed by atoms with Gasteiger partial charge in [0.15, 0.2) is 0 Å². The summed E-state index contributed by atoms with van der Waals surface area (Å²) >= 11 is 0. The van der Waals surface area contributed by atoms with Gasteiger partial charge >= 0.3 is 5.97 Å². The SMILES string of the molecule is CCOC(=O)C=Cc1cc(OCc2ccccc2)ccc1-c1ccc(-c2cccc(C)c2)c(C(F)F)c1. The molecule has 0 aliphatic carbocycles. The summed E-state index contributed by atoms with van der Waals surface area (Å²) in [6, 6.07) is 27.8. The van der Waals surface area contributed by atoms with E-state index in [4.69, 9.17) is 9.47 Å². The van der Waals surface area contributed by atoms with E-state index in [1.165, 1.54) is 12.1 Å². The van der Waals surface area contributed by atoms with Crippen molar-refractivity contribution in [3.05, 3.63) is 119 Å². The van der Waals surface area contributed by atoms with Gasteiger partial charge in [-0.25, -0.2) is 13.6 Å². The van der Waals surface area contributed by atoms with E-state index in [0.29, 0.717) is 34.6 Å². The lowest BCUT2D eigenvalue weighted by atomic mass is 9.92. The molecule has 0 aromatic heterocycles. The van der Waals surface area contributed by atoms with E-state index < -0.39 is 12.4 Å². The molecule has 0 bridgehead atoms. The molecule has 0 amide bonds. The third kappa shape index (κ3) is 6.70. The van der Waals surface area contributed by atoms with Crippen molar-refractivity contribution in [1.29, 1.82) is 0 Å². The van der Waals surface area contributed by atoms with Crippen molar-refractivity contribution in [3.63, 3.8) is 0 Å². The average molecular weight is 499 g/mol. The first kappa shape index (κ1) is 25.8. The molecule has 0 atom stereocenters. The molecule has 0 fully saturated rings. The Balaban J connectivity index is 1.73. The molecule has 0 N–H and O–H groups in total. The van der Waals surface area contributed by atoms with Crippen LogP contribution in [0.3, 0.4) is 0 Å². The number of ether oxygens (including phenoxy) is 2. The number of halogens is 2. The van der Waals surface area contributed by atoms with E-state index in [1.54, 1.807) is 31.2 Å². The van der Waals surface area contributed by atoms with E-state index in [9.17, 15) is 13.6 Å². The zero-order valence-electron chi connectivity index (χ0n) is 20.8. The Bertz CT molecular complexity index is 1390. The van der Waals surface area contributed by atoms with Gasteiger partial charge in [-0.3, -0.25) is 0 Å². The van der Waals surface area contributed by atoms with Gasteiger partial charge in [0.1, 0.15) is 12.4 Å². The van der Waals surface area contributed by atoms with Crippen LogP contribution in [-0.2, 0) is 16.1 Å². The topological polar surface area (TPSA) is 35.5 Å². The Morgan fingerprint density at radius 3 is 2.35 bits per heavy atom. The van der Waals surface area contributed by atoms with E-state index in [2.05, 4.69) is 0 Å². The molecule has 37 heavy (non-hydrogen) atoms. The lowest BCUT2D eigenvalue weighted by molar-refractivity contribution is -0.137. The molecule has 4 aromatic rings. The van der Waals surface area contributed by atoms with Gasteiger partial charge in [-0.15, -0.1) is 0 Å². The summed E-state index contributed by atoms with van der Waals surface area (Å²) in [5.41, 5.74) is 5.18. The van der Waals surface area contributed by atoms with Crippen LogP contribution in [0.4, 0.5) is 8.78 Å². The lowest BCUT2D eigenvalue weighted by Gasteiger charge is -2.15. The number of hydrogen-bond acceptors (Lipinski definition) is 3. The fourth-order valence-corrected chi connectivity index (χ4v) is 4.11. The minimum absolute atomic E-state index is 0.0483. The molecule has 3 nitrogen and oxygen atoms in total. The molecule has 188 valence electrons. The summed E-state index contributed by atoms with van der Waals surface area (Å²) in [6.07, 6.45) is 0.306. The first-order valence-corrected chi connectivity index (χ1v) is 12.1. The zero-order chi connectivity index (χ0) is 26.2. The van der Waals surface area contributed by atoms with Crippen LogP contribution in [0.15, 0.2) is 97.1 Å². The standard InChI is InChI=1S/C32H28F2O3/c1-3-36-31(35)17-13-25-19-27(37-21-23-9-5-4-6-10-23)14-16-28(25)26-12-15-29(30(20-26)32(33)34)24-11-7-8-22(2)18-24/h4-20,32H,3,21H2,1-2H3. The summed E-state index contributed by atoms with van der Waals surface area (Å²) in [4.78, 5) is 12.0. The van der Waals surface area contributed by atoms with Crippen LogP contribution in [0.5, 0.6) is 5.75 Å². The van der Waals surface area contributed by atoms with Gasteiger partial charge in [0, 0.05) is 11.6 Å². The number of carbonyl (C=O) groups excluding carboxylic acids is 1. The van der Waals surface area contributed by atoms with E-state index in [1.807, 2.05) is 73.7 Å². The number of benzene rings is 4. The number of aryl methyl sites for hydroxylation is 1. The van der Waals surface area contributed by atoms with E-state index in [0.717, 1.165) is 16.7 Å². The molecule has 0 saturated carbocycles. The van der Waals surface area contributed by atoms with Gasteiger partial charge in [0.2, 0.25) is 0 Å². The molecule has 5 heteroatoms. The van der Waals surface area contributed by atoms with Crippen molar-refractivity contribution in [2.75, 3.05) is 6.61 Å². The highest BCUT2D eigenvalue weighted by Crippen LogP contribution is 2.37. The molecule has 0 aliphatic rings. The number of hydrogen-bond donors (Lipinski definition) is 0. The van der Waals surface area contributed by atoms with Crippen LogP contribution in [0, 0.1) is 6.92 Å². The van der Waals surface area contributed by atoms with Gasteiger partial charge in [0.25, 0.3) is 6.43 Å². The second-order valence-corrected chi connectivity index (χ2v) is 8.58. The second-order valence-electron chi connectivity index (χ2n) is 8.58. The minimum Gasteiger partial charge on any atom is -0.489 e. The number of alkyl halides is 2. The Morgan fingerprint density at radius 1 is 0.865 bits per heavy atom. The van der Waals surface area contributed by atoms with Crippen molar-refractivity contribution in [3.8, 4) is 28.0 Å². The van der Waals surface area contributed by atoms with Gasteiger partial charge in [-0.1, -0.05) is 78.4 Å². The fourth-order valence-electron chi connectivity index (χ4n) is 4.11. The molecule has 0 radical (unpaired) electrons. The zero-order valence-corrected chi connectivity index (χ0v) is 20.8. The Morgan fingerprint density at radius 2 is 1.62 bits per heavy atom. The van der Waals surface area contributed by atoms with Crippen LogP contribution in [-0.4, -0.2) is 12.6 Å². The molecule has 4 aromatic carbocycles. The second kappa shape index (κ2) is 12.1. The molecule has 4 rings (SSSR count). The molecule has 0 heterocycles. The van der Waals surface area contributed by atoms with E-state index in [-0.39, 0.29) is 12.2 Å². The maximum absolute atomic E-state index is 14.2. The fraction of sp³-hybridized carbons (Fsp3) is 0.156. The summed E-state index contributed by atoms with van der Waals surface area (Å²) < 4.78 is 39.3. The van der Waals surface area contributed by atoms with Crippen LogP contribution in [0.1, 0.15) is 35.6 Å². The maximum atomic E-state index is 14.2. The third-order valence-electron chi connectivity index (χ3n) is 5.88. The van der Waals surface area contributed by atoms with Crippen molar-refractivity contribution in [2.45, 2.75) is 26.9 Å². The monoisotopic (exact) mass is 498 g/mol. The molecule has 0 unspecified atom stereocenters. The highest BCUT2D eigenvalue weighted by Gasteiger charge is 2.17. The highest BCUT2D eigenvalue weighted by atomic mass is 19.3. The largest absolute Gasteiger partial charge is 0.489 e. The Labute approximate surface area is 216 Å². The highest BCUT2D eigenvalue weighted by molar-refractivity contribution is 5.89. The lowest BCUT2D eigenvalue weighted by Crippen LogP contribution is -1.99. The molecule has 0 spiro atoms. The van der Waals surface area contributed by atoms with Gasteiger partial charge in [-0.2, -0.15) is 0 Å². The summed E-state index contributed by atoms with van der Waals surface area (Å²) in [5, 5.41) is 0. The predicted molar refractivity (Wildman–Crippen MR) is 143 cm³/mol. The summed E-state index contributed by atoms with van der Waals surface area (Å²) in [5.74, 6) is 0.119. The van der Waals surface area contributed by atoms with Crippen molar-refractivity contribution in [1.82, 2.24) is 0 Å². The number of esters is 1. The first-order valence-electron chi connectivity index (χ1n) is 12.1. The third-order valence-corrected chi connectivity index (χ3v) is 5.88. The molecule has 0 aliphatic heterocycles. The maximum Gasteiger partial charge on any atom is 0.330 e. The smallest absolute Gasteiger partial charge is 0.330 e. The summed E-state index contributed by atoms with van der Waals surface area (Å²) in [6.45, 7) is 4.30. The minimum atomic E-state index is -2.65. The van der Waals surface area contributed by atoms with Crippen molar-refractivity contribution < 1.29 is 23.0 Å². The normalized spacial score (nSPS) is 11.2. The van der Waals surface area contributed by atoms with Gasteiger partial charge in [0.05, 0.1) is 6.61 Å². The Hall–Kier alpha value is -4.25. The Kier molecular flexibility index (Phi) is 8.47. The van der Waals surface area contributed by atoms with Crippen LogP contribution in [0.25, 0.3) is 28.3 Å². The first-order chi connectivity index (χ1) is 17.9. The quantitative estimate of drug-likeness (QED) is 0.172. The number of rotatable bonds is 9. The van der Waals surface area contributed by atoms with Gasteiger partial charge < -0.3 is 9.47 Å². The molecular formula is C32H28F2O3. The van der Waals surface area contributed by atoms with E-state index >= 15 is 0 Å². The number of carbonyl (C=O) groups is 1. The van der Waals surface area contributed by atoms with Crippen molar-refractivity contribution in [2.24, 2.45) is 0 Å². The summed E-state index contributed by atoms with van der Waals surface area (Å²) in [7, 11) is 0. The average Bonchev–Trinajstić information content (AvgIpc) is 2.91. The van der Waals surface area contributed by atoms with Crippen LogP contribution in [0.2, 0.25) is 0 Å². The van der Waals surface area contributed by atoms with Crippen LogP contribution >= 0.6 is 0 Å². The predicted octanol–water partition coefficient (Wildman–Crippen LogP) is 8.42. The van der Waals surface area contributed by atoms with Gasteiger partial charge in [-0.05, 0) is 71.5 Å². The molecular weight excluding hydrogens is 470 g/mol.